The van der Waals surface area contributed by atoms with Gasteiger partial charge in [-0.15, -0.1) is 0 Å². The van der Waals surface area contributed by atoms with Crippen molar-refractivity contribution in [1.29, 1.82) is 0 Å². The highest BCUT2D eigenvalue weighted by Crippen LogP contribution is 2.23. The van der Waals surface area contributed by atoms with Gasteiger partial charge in [0.1, 0.15) is 0 Å². The quantitative estimate of drug-likeness (QED) is 0.824. The molecule has 0 bridgehead atoms. The number of amides is 1. The summed E-state index contributed by atoms with van der Waals surface area (Å²) < 4.78 is 18.4. The number of ether oxygens (including phenoxy) is 1. The molecule has 1 rings (SSSR count). The zero-order chi connectivity index (χ0) is 14.5. The molecule has 0 fully saturated rings. The smallest absolute Gasteiger partial charge is 0.220 e. The summed E-state index contributed by atoms with van der Waals surface area (Å²) in [5.41, 5.74) is 6.02. The minimum Gasteiger partial charge on any atom is -0.493 e. The van der Waals surface area contributed by atoms with E-state index in [0.29, 0.717) is 18.5 Å². The maximum absolute atomic E-state index is 13.4. The van der Waals surface area contributed by atoms with Gasteiger partial charge in [0, 0.05) is 18.5 Å². The Morgan fingerprint density at radius 3 is 2.74 bits per heavy atom. The second kappa shape index (κ2) is 6.52. The second-order valence-corrected chi connectivity index (χ2v) is 5.20. The van der Waals surface area contributed by atoms with Gasteiger partial charge in [-0.05, 0) is 31.9 Å². The van der Waals surface area contributed by atoms with Crippen LogP contribution in [0.1, 0.15) is 25.8 Å². The standard InChI is InChI=1S/C14H21FN2O2/c1-14(2,16)9-17-12(18)8-7-10-5-4-6-11(15)13(10)19-3/h4-6H,7-9,16H2,1-3H3,(H,17,18). The van der Waals surface area contributed by atoms with E-state index in [1.54, 1.807) is 12.1 Å². The Balaban J connectivity index is 2.53. The maximum Gasteiger partial charge on any atom is 0.220 e. The van der Waals surface area contributed by atoms with Crippen LogP contribution in [0.4, 0.5) is 4.39 Å². The minimum atomic E-state index is -0.438. The van der Waals surface area contributed by atoms with Crippen molar-refractivity contribution in [3.63, 3.8) is 0 Å². The largest absolute Gasteiger partial charge is 0.493 e. The molecule has 0 radical (unpaired) electrons. The van der Waals surface area contributed by atoms with E-state index in [2.05, 4.69) is 5.32 Å². The highest BCUT2D eigenvalue weighted by atomic mass is 19.1. The van der Waals surface area contributed by atoms with Crippen molar-refractivity contribution >= 4 is 5.91 Å². The Hall–Kier alpha value is -1.62. The summed E-state index contributed by atoms with van der Waals surface area (Å²) in [5.74, 6) is -0.317. The Kier molecular flexibility index (Phi) is 5.30. The van der Waals surface area contributed by atoms with Gasteiger partial charge >= 0.3 is 0 Å². The summed E-state index contributed by atoms with van der Waals surface area (Å²) >= 11 is 0. The number of halogens is 1. The topological polar surface area (TPSA) is 64.3 Å². The van der Waals surface area contributed by atoms with E-state index in [4.69, 9.17) is 10.5 Å². The highest BCUT2D eigenvalue weighted by Gasteiger charge is 2.13. The molecule has 0 aromatic heterocycles. The normalized spacial score (nSPS) is 11.2. The van der Waals surface area contributed by atoms with Crippen molar-refractivity contribution in [2.75, 3.05) is 13.7 Å². The van der Waals surface area contributed by atoms with Gasteiger partial charge in [0.05, 0.1) is 7.11 Å². The molecule has 1 amide bonds. The third kappa shape index (κ3) is 5.26. The van der Waals surface area contributed by atoms with Gasteiger partial charge in [0.15, 0.2) is 11.6 Å². The monoisotopic (exact) mass is 268 g/mol. The summed E-state index contributed by atoms with van der Waals surface area (Å²) in [5, 5.41) is 2.75. The zero-order valence-corrected chi connectivity index (χ0v) is 11.6. The Labute approximate surface area is 113 Å². The van der Waals surface area contributed by atoms with Gasteiger partial charge in [-0.3, -0.25) is 4.79 Å². The molecule has 1 aromatic carbocycles. The number of carbonyl (C=O) groups excluding carboxylic acids is 1. The van der Waals surface area contributed by atoms with Gasteiger partial charge < -0.3 is 15.8 Å². The third-order valence-electron chi connectivity index (χ3n) is 2.62. The summed E-state index contributed by atoms with van der Waals surface area (Å²) in [6.07, 6.45) is 0.702. The number of benzene rings is 1. The maximum atomic E-state index is 13.4. The average Bonchev–Trinajstić information content (AvgIpc) is 2.33. The molecule has 0 atom stereocenters. The molecule has 0 aliphatic rings. The van der Waals surface area contributed by atoms with Gasteiger partial charge in [0.25, 0.3) is 0 Å². The number of para-hydroxylation sites is 1. The lowest BCUT2D eigenvalue weighted by molar-refractivity contribution is -0.121. The van der Waals surface area contributed by atoms with Gasteiger partial charge in [0.2, 0.25) is 5.91 Å². The fourth-order valence-corrected chi connectivity index (χ4v) is 1.64. The van der Waals surface area contributed by atoms with Gasteiger partial charge in [-0.25, -0.2) is 4.39 Å². The molecule has 0 spiro atoms. The van der Waals surface area contributed by atoms with Crippen molar-refractivity contribution in [3.8, 4) is 5.75 Å². The molecular formula is C14H21FN2O2. The van der Waals surface area contributed by atoms with Crippen LogP contribution >= 0.6 is 0 Å². The van der Waals surface area contributed by atoms with E-state index in [9.17, 15) is 9.18 Å². The Morgan fingerprint density at radius 1 is 1.47 bits per heavy atom. The van der Waals surface area contributed by atoms with Crippen LogP contribution in [-0.4, -0.2) is 25.1 Å². The Morgan fingerprint density at radius 2 is 2.16 bits per heavy atom. The minimum absolute atomic E-state index is 0.107. The van der Waals surface area contributed by atoms with E-state index in [-0.39, 0.29) is 18.1 Å². The molecule has 19 heavy (non-hydrogen) atoms. The Bertz CT molecular complexity index is 442. The molecule has 106 valence electrons. The number of nitrogens with one attached hydrogen (secondary N) is 1. The van der Waals surface area contributed by atoms with Crippen LogP contribution in [0.2, 0.25) is 0 Å². The lowest BCUT2D eigenvalue weighted by Gasteiger charge is -2.19. The second-order valence-electron chi connectivity index (χ2n) is 5.20. The van der Waals surface area contributed by atoms with E-state index in [1.807, 2.05) is 13.8 Å². The fraction of sp³-hybridized carbons (Fsp3) is 0.500. The number of aryl methyl sites for hydroxylation is 1. The van der Waals surface area contributed by atoms with Crippen molar-refractivity contribution in [2.45, 2.75) is 32.2 Å². The number of methoxy groups -OCH3 is 1. The van der Waals surface area contributed by atoms with Crippen LogP contribution < -0.4 is 15.8 Å². The molecule has 4 nitrogen and oxygen atoms in total. The van der Waals surface area contributed by atoms with Gasteiger partial charge in [-0.2, -0.15) is 0 Å². The molecule has 0 heterocycles. The number of hydrogen-bond acceptors (Lipinski definition) is 3. The van der Waals surface area contributed by atoms with Crippen molar-refractivity contribution in [2.24, 2.45) is 5.73 Å². The predicted octanol–water partition coefficient (Wildman–Crippen LogP) is 1.62. The number of carbonyl (C=O) groups is 1. The SMILES string of the molecule is COc1c(F)cccc1CCC(=O)NCC(C)(C)N. The number of rotatable bonds is 6. The molecule has 5 heteroatoms. The van der Waals surface area contributed by atoms with Crippen molar-refractivity contribution in [1.82, 2.24) is 5.32 Å². The molecule has 0 unspecified atom stereocenters. The summed E-state index contributed by atoms with van der Waals surface area (Å²) in [7, 11) is 1.42. The van der Waals surface area contributed by atoms with Crippen LogP contribution in [0.3, 0.4) is 0 Å². The van der Waals surface area contributed by atoms with Crippen molar-refractivity contribution < 1.29 is 13.9 Å². The third-order valence-corrected chi connectivity index (χ3v) is 2.62. The molecule has 1 aromatic rings. The number of nitrogens with two attached hydrogens (primary N) is 1. The van der Waals surface area contributed by atoms with E-state index >= 15 is 0 Å². The van der Waals surface area contributed by atoms with E-state index in [0.717, 1.165) is 0 Å². The van der Waals surface area contributed by atoms with Gasteiger partial charge in [-0.1, -0.05) is 12.1 Å². The first-order valence-electron chi connectivity index (χ1n) is 6.20. The molecular weight excluding hydrogens is 247 g/mol. The zero-order valence-electron chi connectivity index (χ0n) is 11.6. The molecule has 3 N–H and O–H groups in total. The lowest BCUT2D eigenvalue weighted by atomic mass is 10.1. The van der Waals surface area contributed by atoms with Crippen LogP contribution in [-0.2, 0) is 11.2 Å². The summed E-state index contributed by atoms with van der Waals surface area (Å²) in [4.78, 5) is 11.6. The van der Waals surface area contributed by atoms with E-state index < -0.39 is 11.4 Å². The van der Waals surface area contributed by atoms with E-state index in [1.165, 1.54) is 13.2 Å². The first kappa shape index (κ1) is 15.4. The van der Waals surface area contributed by atoms with Crippen LogP contribution in [0.15, 0.2) is 18.2 Å². The molecule has 0 aliphatic carbocycles. The fourth-order valence-electron chi connectivity index (χ4n) is 1.64. The summed E-state index contributed by atoms with van der Waals surface area (Å²) in [6.45, 7) is 4.08. The first-order chi connectivity index (χ1) is 8.83. The lowest BCUT2D eigenvalue weighted by Crippen LogP contribution is -2.45. The molecule has 0 saturated heterocycles. The van der Waals surface area contributed by atoms with Crippen LogP contribution in [0, 0.1) is 5.82 Å². The molecule has 0 saturated carbocycles. The first-order valence-corrected chi connectivity index (χ1v) is 6.20. The van der Waals surface area contributed by atoms with Crippen LogP contribution in [0.25, 0.3) is 0 Å². The van der Waals surface area contributed by atoms with Crippen LogP contribution in [0.5, 0.6) is 5.75 Å². The predicted molar refractivity (Wildman–Crippen MR) is 72.5 cm³/mol. The average molecular weight is 268 g/mol. The highest BCUT2D eigenvalue weighted by molar-refractivity contribution is 5.76. The number of hydrogen-bond donors (Lipinski definition) is 2. The molecule has 0 aliphatic heterocycles. The van der Waals surface area contributed by atoms with Crippen molar-refractivity contribution in [3.05, 3.63) is 29.6 Å². The summed E-state index contributed by atoms with van der Waals surface area (Å²) in [6, 6.07) is 4.69.